The molecule has 0 bridgehead atoms. The first kappa shape index (κ1) is 95.3. The van der Waals surface area contributed by atoms with Crippen LogP contribution in [0.3, 0.4) is 0 Å². The summed E-state index contributed by atoms with van der Waals surface area (Å²) < 4.78 is 17.1. The third-order valence-corrected chi connectivity index (χ3v) is 19.0. The van der Waals surface area contributed by atoms with Crippen LogP contribution in [0.2, 0.25) is 0 Å². The molecular weight excluding hydrogens is 1660 g/mol. The van der Waals surface area contributed by atoms with Crippen LogP contribution in [0.4, 0.5) is 62.8 Å². The van der Waals surface area contributed by atoms with E-state index in [1.54, 1.807) is 183 Å². The molecule has 15 amide bonds. The highest BCUT2D eigenvalue weighted by Crippen LogP contribution is 2.26. The van der Waals surface area contributed by atoms with Gasteiger partial charge in [-0.15, -0.1) is 0 Å². The zero-order valence-corrected chi connectivity index (χ0v) is 73.2. The average molecular weight is 1760 g/mol. The lowest BCUT2D eigenvalue weighted by atomic mass is 10.2. The van der Waals surface area contributed by atoms with Crippen LogP contribution in [0, 0.1) is 0 Å². The van der Waals surface area contributed by atoms with Crippen molar-refractivity contribution in [3.05, 3.63) is 186 Å². The number of carbonyl (C=O) groups excluding carboxylic acids is 15. The number of rotatable bonds is 33. The molecule has 11 aromatic rings. The SMILES string of the molecule is CCCC(=O)Nc1cc(C(=O)Nc2cc(C(=O)NCCC(=O)O)n(C)c2)n(C)c1.CCCNC(=O)c1cc(NC(=O)c2cc(NC(=O)c3nc(NC(C)=O)cn3C)cn2C)cn1C.CNC(=O)c1cc(NC(=O)c2cc(NC(=O)c3cc(NC(=O)CCCNC(=O)c4cc(NC(=O)c5cc(NC(=O)c6nc(NC(C)=O)cn6C)cn5C)cn4C)cn3C)cn2C)cn1C. The standard InChI is InChI=1S/C42H49N15O8.C22H28N8O4.C19H25N5O5/c1-23(58)45-34-22-57(8)36(51-34)42(65)50-28-16-33(56(7)21-28)41(64)48-26-14-30(53(4)19-26)38(61)44-11-9-10-35(59)46-24-12-31(54(5)17-24)39(62)49-27-15-32(55(6)20-27)40(63)47-25-13-29(37(60)43-2)52(3)18-25;1-6-7-23-20(32)16-8-14(10-28(16)3)25-21(33)17-9-15(11-29(17)4)26-22(34)19-27-18(12-30(19)5)24-13(2)31;1-4-5-16(25)21-12-8-15(24(3)10-12)19(29)22-13-9-14(23(2)11-13)18(28)20-7-6-17(26)27/h12-22H,9-11H2,1-8H3,(H,43,60)(H,44,61)(H,45,58)(H,46,59)(H,47,63)(H,48,64)(H,49,62)(H,50,65);8-12H,6-7H2,1-5H3,(H,23,32)(H,24,31)(H,25,33)(H,26,34);8-11H,4-7H2,1-3H3,(H,20,28)(H,21,25)(H,22,29)(H,26,27). The van der Waals surface area contributed by atoms with Gasteiger partial charge in [0.15, 0.2) is 11.6 Å². The van der Waals surface area contributed by atoms with Gasteiger partial charge in [0.05, 0.1) is 57.6 Å². The minimum Gasteiger partial charge on any atom is -0.481 e. The molecule has 0 atom stereocenters. The van der Waals surface area contributed by atoms with E-state index in [1.165, 1.54) is 88.0 Å². The Morgan fingerprint density at radius 1 is 0.273 bits per heavy atom. The van der Waals surface area contributed by atoms with Crippen LogP contribution in [-0.2, 0) is 101 Å². The van der Waals surface area contributed by atoms with Crippen LogP contribution >= 0.6 is 0 Å². The molecule has 45 heteroatoms. The first-order chi connectivity index (χ1) is 60.6. The fraction of sp³-hybridized carbons (Fsp3) is 0.301. The van der Waals surface area contributed by atoms with Gasteiger partial charge in [0, 0.05) is 199 Å². The molecular formula is C83H102N28O17. The number of nitrogens with one attached hydrogen (secondary N) is 15. The summed E-state index contributed by atoms with van der Waals surface area (Å²) in [5.41, 5.74) is 6.36. The monoisotopic (exact) mass is 1760 g/mol. The second kappa shape index (κ2) is 42.5. The maximum atomic E-state index is 13.2. The van der Waals surface area contributed by atoms with Crippen molar-refractivity contribution in [3.8, 4) is 0 Å². The van der Waals surface area contributed by atoms with Crippen LogP contribution in [0.1, 0.15) is 182 Å². The largest absolute Gasteiger partial charge is 0.481 e. The molecule has 45 nitrogen and oxygen atoms in total. The Labute approximate surface area is 732 Å². The van der Waals surface area contributed by atoms with Crippen molar-refractivity contribution in [3.63, 3.8) is 0 Å². The number of amides is 15. The first-order valence-electron chi connectivity index (χ1n) is 39.8. The molecule has 128 heavy (non-hydrogen) atoms. The van der Waals surface area contributed by atoms with Gasteiger partial charge in [-0.3, -0.25) is 76.7 Å². The van der Waals surface area contributed by atoms with E-state index in [-0.39, 0.29) is 113 Å². The third-order valence-electron chi connectivity index (χ3n) is 19.0. The summed E-state index contributed by atoms with van der Waals surface area (Å²) in [5, 5.41) is 49.0. The van der Waals surface area contributed by atoms with E-state index in [1.807, 2.05) is 13.8 Å². The van der Waals surface area contributed by atoms with Gasteiger partial charge in [-0.1, -0.05) is 13.8 Å². The van der Waals surface area contributed by atoms with Gasteiger partial charge in [-0.05, 0) is 73.9 Å². The summed E-state index contributed by atoms with van der Waals surface area (Å²) >= 11 is 0. The summed E-state index contributed by atoms with van der Waals surface area (Å²) in [7, 11) is 19.8. The number of carbonyl (C=O) groups is 16. The van der Waals surface area contributed by atoms with E-state index in [4.69, 9.17) is 5.11 Å². The number of imidazole rings is 2. The highest BCUT2D eigenvalue weighted by atomic mass is 16.4. The van der Waals surface area contributed by atoms with E-state index in [0.717, 1.165) is 12.8 Å². The van der Waals surface area contributed by atoms with Gasteiger partial charge in [-0.25, -0.2) is 9.97 Å². The van der Waals surface area contributed by atoms with Crippen LogP contribution in [0.15, 0.2) is 123 Å². The number of hydrogen-bond donors (Lipinski definition) is 16. The first-order valence-corrected chi connectivity index (χ1v) is 39.8. The van der Waals surface area contributed by atoms with E-state index in [2.05, 4.69) is 89.7 Å². The van der Waals surface area contributed by atoms with E-state index >= 15 is 0 Å². The van der Waals surface area contributed by atoms with Crippen molar-refractivity contribution in [1.82, 2.24) is 81.5 Å². The zero-order valence-electron chi connectivity index (χ0n) is 73.2. The predicted octanol–water partition coefficient (Wildman–Crippen LogP) is 5.85. The number of aliphatic carboxylic acids is 1. The third kappa shape index (κ3) is 25.3. The van der Waals surface area contributed by atoms with Gasteiger partial charge in [-0.2, -0.15) is 0 Å². The van der Waals surface area contributed by atoms with Gasteiger partial charge in [0.25, 0.3) is 65.0 Å². The fourth-order valence-electron chi connectivity index (χ4n) is 13.0. The second-order valence-corrected chi connectivity index (χ2v) is 29.6. The zero-order chi connectivity index (χ0) is 93.8. The van der Waals surface area contributed by atoms with Crippen molar-refractivity contribution < 1.29 is 81.8 Å². The van der Waals surface area contributed by atoms with Gasteiger partial charge < -0.3 is 135 Å². The van der Waals surface area contributed by atoms with Crippen molar-refractivity contribution in [2.24, 2.45) is 77.5 Å². The lowest BCUT2D eigenvalue weighted by Gasteiger charge is -2.06. The molecule has 11 heterocycles. The Morgan fingerprint density at radius 2 is 0.516 bits per heavy atom. The molecule has 0 fully saturated rings. The number of nitrogens with zero attached hydrogens (tertiary/aromatic N) is 13. The maximum absolute atomic E-state index is 13.2. The number of aryl methyl sites for hydroxylation is 11. The summed E-state index contributed by atoms with van der Waals surface area (Å²) in [6.45, 7) is 7.30. The van der Waals surface area contributed by atoms with Crippen LogP contribution in [0.25, 0.3) is 0 Å². The van der Waals surface area contributed by atoms with Crippen LogP contribution in [-0.4, -0.2) is 187 Å². The number of carboxylic acid groups (broad SMARTS) is 1. The molecule has 0 aliphatic carbocycles. The van der Waals surface area contributed by atoms with Crippen LogP contribution in [0.5, 0.6) is 0 Å². The summed E-state index contributed by atoms with van der Waals surface area (Å²) in [4.78, 5) is 206. The molecule has 0 aliphatic rings. The Kier molecular flexibility index (Phi) is 31.6. The van der Waals surface area contributed by atoms with E-state index in [9.17, 15) is 76.7 Å². The van der Waals surface area contributed by atoms with Crippen molar-refractivity contribution >= 4 is 157 Å². The maximum Gasteiger partial charge on any atom is 0.305 e. The highest BCUT2D eigenvalue weighted by molar-refractivity contribution is 6.11. The molecule has 676 valence electrons. The Morgan fingerprint density at radius 3 is 0.773 bits per heavy atom. The molecule has 11 aromatic heterocycles. The van der Waals surface area contributed by atoms with E-state index in [0.29, 0.717) is 93.3 Å². The number of hydrogen-bond acceptors (Lipinski definition) is 18. The van der Waals surface area contributed by atoms with Crippen molar-refractivity contribution in [2.75, 3.05) is 85.2 Å². The van der Waals surface area contributed by atoms with Gasteiger partial charge in [0.1, 0.15) is 51.2 Å². The Balaban J connectivity index is 0.000000244. The molecule has 0 saturated carbocycles. The minimum absolute atomic E-state index is 0.0108. The normalized spacial score (nSPS) is 10.7. The predicted molar refractivity (Wildman–Crippen MR) is 474 cm³/mol. The molecule has 0 spiro atoms. The molecule has 11 rings (SSSR count). The average Bonchev–Trinajstić information content (AvgIpc) is 1.69. The lowest BCUT2D eigenvalue weighted by molar-refractivity contribution is -0.137. The molecule has 16 N–H and O–H groups in total. The number of aromatic nitrogens is 13. The number of anilines is 11. The highest BCUT2D eigenvalue weighted by Gasteiger charge is 2.26. The quantitative estimate of drug-likeness (QED) is 0.0215. The smallest absolute Gasteiger partial charge is 0.305 e. The summed E-state index contributed by atoms with van der Waals surface area (Å²) in [6.07, 6.45) is 19.5. The topological polar surface area (TPSA) is 554 Å². The van der Waals surface area contributed by atoms with Crippen molar-refractivity contribution in [1.29, 1.82) is 0 Å². The van der Waals surface area contributed by atoms with Gasteiger partial charge >= 0.3 is 5.97 Å². The summed E-state index contributed by atoms with van der Waals surface area (Å²) in [6, 6.07) is 13.8. The Hall–Kier alpha value is -16.5. The molecule has 0 aromatic carbocycles. The number of carboxylic acids is 1. The fourth-order valence-corrected chi connectivity index (χ4v) is 13.0. The van der Waals surface area contributed by atoms with Crippen molar-refractivity contribution in [2.45, 2.75) is 66.2 Å². The Bertz CT molecular complexity index is 6110. The molecule has 0 unspecified atom stereocenters. The minimum atomic E-state index is -1.00. The molecule has 0 aliphatic heterocycles. The van der Waals surface area contributed by atoms with Crippen LogP contribution < -0.4 is 79.8 Å². The van der Waals surface area contributed by atoms with Gasteiger partial charge in [0.2, 0.25) is 35.3 Å². The summed E-state index contributed by atoms with van der Waals surface area (Å²) in [5.74, 6) is -6.11. The lowest BCUT2D eigenvalue weighted by Crippen LogP contribution is -2.27. The van der Waals surface area contributed by atoms with E-state index < -0.39 is 59.1 Å². The second-order valence-electron chi connectivity index (χ2n) is 29.6. The molecule has 0 saturated heterocycles. The molecule has 0 radical (unpaired) electrons.